The SMILES string of the molecule is c1cc2cc3ccccc3c3cnccc3c-2c1. The highest BCUT2D eigenvalue weighted by Gasteiger charge is 2.08. The van der Waals surface area contributed by atoms with Crippen molar-refractivity contribution in [2.75, 3.05) is 0 Å². The summed E-state index contributed by atoms with van der Waals surface area (Å²) < 4.78 is 0. The molecular formula is C17H11N. The molecule has 0 N–H and O–H groups in total. The van der Waals surface area contributed by atoms with E-state index in [1.54, 1.807) is 0 Å². The van der Waals surface area contributed by atoms with E-state index in [0.29, 0.717) is 0 Å². The molecule has 0 bridgehead atoms. The second kappa shape index (κ2) is 3.54. The summed E-state index contributed by atoms with van der Waals surface area (Å²) in [6, 6.07) is 19.3. The number of hydrogen-bond donors (Lipinski definition) is 0. The van der Waals surface area contributed by atoms with Gasteiger partial charge in [-0.1, -0.05) is 42.5 Å². The van der Waals surface area contributed by atoms with Crippen LogP contribution in [-0.2, 0) is 0 Å². The van der Waals surface area contributed by atoms with Crippen LogP contribution in [0.3, 0.4) is 0 Å². The molecule has 1 aromatic carbocycles. The minimum atomic E-state index is 1.22. The van der Waals surface area contributed by atoms with Crippen LogP contribution in [0.1, 0.15) is 0 Å². The zero-order chi connectivity index (χ0) is 11.9. The lowest BCUT2D eigenvalue weighted by atomic mass is 10.1. The smallest absolute Gasteiger partial charge is 0.0352 e. The Labute approximate surface area is 105 Å². The maximum absolute atomic E-state index is 4.28. The van der Waals surface area contributed by atoms with Gasteiger partial charge in [0.2, 0.25) is 0 Å². The molecule has 0 saturated heterocycles. The molecule has 0 atom stereocenters. The van der Waals surface area contributed by atoms with E-state index >= 15 is 0 Å². The minimum absolute atomic E-state index is 1.22. The summed E-state index contributed by atoms with van der Waals surface area (Å²) in [5.74, 6) is 0. The van der Waals surface area contributed by atoms with Gasteiger partial charge in [0.25, 0.3) is 0 Å². The van der Waals surface area contributed by atoms with Crippen LogP contribution in [-0.4, -0.2) is 4.98 Å². The first-order chi connectivity index (χ1) is 8.93. The van der Waals surface area contributed by atoms with Crippen molar-refractivity contribution in [2.24, 2.45) is 0 Å². The standard InChI is InChI=1S/C17H11N/c1-2-6-15-12(4-1)10-13-5-3-7-14(13)16-8-9-18-11-17(15)16/h1-11H. The first-order valence-corrected chi connectivity index (χ1v) is 6.08. The van der Waals surface area contributed by atoms with Crippen LogP contribution >= 0.6 is 0 Å². The predicted molar refractivity (Wildman–Crippen MR) is 75.9 cm³/mol. The average molecular weight is 229 g/mol. The van der Waals surface area contributed by atoms with Crippen molar-refractivity contribution in [3.63, 3.8) is 0 Å². The lowest BCUT2D eigenvalue weighted by molar-refractivity contribution is 1.37. The zero-order valence-electron chi connectivity index (χ0n) is 9.80. The van der Waals surface area contributed by atoms with Crippen LogP contribution in [0.2, 0.25) is 0 Å². The molecule has 2 aliphatic carbocycles. The third-order valence-electron chi connectivity index (χ3n) is 3.52. The van der Waals surface area contributed by atoms with Gasteiger partial charge in [0, 0.05) is 17.8 Å². The Morgan fingerprint density at radius 2 is 1.67 bits per heavy atom. The number of rotatable bonds is 0. The normalized spacial score (nSPS) is 11.3. The van der Waals surface area contributed by atoms with E-state index in [-0.39, 0.29) is 0 Å². The first-order valence-electron chi connectivity index (χ1n) is 6.08. The molecule has 2 aliphatic rings. The van der Waals surface area contributed by atoms with Gasteiger partial charge < -0.3 is 0 Å². The van der Waals surface area contributed by atoms with Gasteiger partial charge in [0.15, 0.2) is 0 Å². The number of fused-ring (bicyclic) bond motifs is 5. The molecule has 1 aromatic heterocycles. The monoisotopic (exact) mass is 229 g/mol. The molecule has 84 valence electrons. The Morgan fingerprint density at radius 1 is 0.722 bits per heavy atom. The van der Waals surface area contributed by atoms with Gasteiger partial charge in [-0.25, -0.2) is 0 Å². The molecule has 0 aliphatic heterocycles. The van der Waals surface area contributed by atoms with Crippen molar-refractivity contribution in [2.45, 2.75) is 0 Å². The topological polar surface area (TPSA) is 12.9 Å². The van der Waals surface area contributed by atoms with Crippen molar-refractivity contribution in [3.05, 3.63) is 67.0 Å². The molecule has 0 radical (unpaired) electrons. The van der Waals surface area contributed by atoms with Crippen molar-refractivity contribution >= 4 is 21.5 Å². The van der Waals surface area contributed by atoms with Crippen LogP contribution in [0.15, 0.2) is 67.0 Å². The molecule has 18 heavy (non-hydrogen) atoms. The van der Waals surface area contributed by atoms with E-state index in [9.17, 15) is 0 Å². The van der Waals surface area contributed by atoms with Crippen LogP contribution in [0.5, 0.6) is 0 Å². The molecule has 1 heteroatoms. The van der Waals surface area contributed by atoms with E-state index in [0.717, 1.165) is 0 Å². The second-order valence-corrected chi connectivity index (χ2v) is 4.55. The van der Waals surface area contributed by atoms with Gasteiger partial charge in [0.1, 0.15) is 0 Å². The van der Waals surface area contributed by atoms with E-state index in [1.165, 1.54) is 32.7 Å². The van der Waals surface area contributed by atoms with E-state index in [2.05, 4.69) is 59.6 Å². The van der Waals surface area contributed by atoms with E-state index < -0.39 is 0 Å². The third kappa shape index (κ3) is 1.25. The van der Waals surface area contributed by atoms with Gasteiger partial charge in [-0.3, -0.25) is 4.98 Å². The Balaban J connectivity index is 2.40. The summed E-state index contributed by atoms with van der Waals surface area (Å²) in [5, 5.41) is 5.01. The van der Waals surface area contributed by atoms with Gasteiger partial charge in [-0.15, -0.1) is 0 Å². The Morgan fingerprint density at radius 3 is 2.67 bits per heavy atom. The molecule has 0 saturated carbocycles. The van der Waals surface area contributed by atoms with Crippen LogP contribution in [0.25, 0.3) is 32.7 Å². The Hall–Kier alpha value is -2.41. The Bertz CT molecular complexity index is 833. The largest absolute Gasteiger partial charge is 0.264 e. The van der Waals surface area contributed by atoms with Crippen molar-refractivity contribution in [1.29, 1.82) is 0 Å². The molecule has 1 nitrogen and oxygen atoms in total. The second-order valence-electron chi connectivity index (χ2n) is 4.55. The number of hydrogen-bond acceptors (Lipinski definition) is 1. The minimum Gasteiger partial charge on any atom is -0.264 e. The van der Waals surface area contributed by atoms with Gasteiger partial charge >= 0.3 is 0 Å². The lowest BCUT2D eigenvalue weighted by Gasteiger charge is -1.98. The molecule has 4 rings (SSSR count). The predicted octanol–water partition coefficient (Wildman–Crippen LogP) is 4.49. The summed E-state index contributed by atoms with van der Waals surface area (Å²) in [7, 11) is 0. The van der Waals surface area contributed by atoms with Gasteiger partial charge in [-0.2, -0.15) is 0 Å². The molecule has 0 fully saturated rings. The highest BCUT2D eigenvalue weighted by Crippen LogP contribution is 2.34. The fourth-order valence-corrected chi connectivity index (χ4v) is 2.68. The quantitative estimate of drug-likeness (QED) is 0.433. The first kappa shape index (κ1) is 9.60. The summed E-state index contributed by atoms with van der Waals surface area (Å²) in [4.78, 5) is 4.28. The zero-order valence-corrected chi connectivity index (χ0v) is 9.80. The van der Waals surface area contributed by atoms with Crippen LogP contribution in [0, 0.1) is 0 Å². The molecule has 0 unspecified atom stereocenters. The van der Waals surface area contributed by atoms with E-state index in [1.807, 2.05) is 12.4 Å². The fourth-order valence-electron chi connectivity index (χ4n) is 2.68. The van der Waals surface area contributed by atoms with E-state index in [4.69, 9.17) is 0 Å². The van der Waals surface area contributed by atoms with Crippen molar-refractivity contribution < 1.29 is 0 Å². The summed E-state index contributed by atoms with van der Waals surface area (Å²) >= 11 is 0. The number of nitrogens with zero attached hydrogens (tertiary/aromatic N) is 1. The molecule has 0 amide bonds. The van der Waals surface area contributed by atoms with Gasteiger partial charge in [0.05, 0.1) is 0 Å². The molecule has 0 spiro atoms. The lowest BCUT2D eigenvalue weighted by Crippen LogP contribution is -1.75. The molecule has 1 heterocycles. The molecule has 2 aromatic rings. The van der Waals surface area contributed by atoms with Crippen molar-refractivity contribution in [3.8, 4) is 11.1 Å². The highest BCUT2D eigenvalue weighted by atomic mass is 14.6. The highest BCUT2D eigenvalue weighted by molar-refractivity contribution is 6.12. The summed E-state index contributed by atoms with van der Waals surface area (Å²) in [6.45, 7) is 0. The maximum atomic E-state index is 4.28. The van der Waals surface area contributed by atoms with Gasteiger partial charge in [-0.05, 0) is 39.4 Å². The fraction of sp³-hybridized carbons (Fsp3) is 0. The number of pyridine rings is 1. The number of benzene rings is 1. The van der Waals surface area contributed by atoms with Crippen LogP contribution in [0.4, 0.5) is 0 Å². The molecular weight excluding hydrogens is 218 g/mol. The third-order valence-corrected chi connectivity index (χ3v) is 3.52. The average Bonchev–Trinajstić information content (AvgIpc) is 2.83. The Kier molecular flexibility index (Phi) is 1.89. The van der Waals surface area contributed by atoms with Crippen molar-refractivity contribution in [1.82, 2.24) is 4.98 Å². The number of aromatic nitrogens is 1. The summed E-state index contributed by atoms with van der Waals surface area (Å²) in [5.41, 5.74) is 2.58. The summed E-state index contributed by atoms with van der Waals surface area (Å²) in [6.07, 6.45) is 3.83. The van der Waals surface area contributed by atoms with Crippen LogP contribution < -0.4 is 0 Å². The maximum Gasteiger partial charge on any atom is 0.0352 e.